The smallest absolute Gasteiger partial charge is 0.134 e. The lowest BCUT2D eigenvalue weighted by molar-refractivity contribution is -0.116. The Bertz CT molecular complexity index is 397. The van der Waals surface area contributed by atoms with E-state index >= 15 is 0 Å². The van der Waals surface area contributed by atoms with Gasteiger partial charge in [-0.05, 0) is 44.5 Å². The van der Waals surface area contributed by atoms with Crippen LogP contribution in [0.3, 0.4) is 0 Å². The van der Waals surface area contributed by atoms with Gasteiger partial charge < -0.3 is 10.1 Å². The summed E-state index contributed by atoms with van der Waals surface area (Å²) in [5, 5.41) is 3.23. The number of hydrogen-bond acceptors (Lipinski definition) is 3. The molecule has 1 saturated carbocycles. The zero-order valence-electron chi connectivity index (χ0n) is 10.4. The quantitative estimate of drug-likeness (QED) is 0.844. The molecule has 1 N–H and O–H groups in total. The monoisotopic (exact) mass is 233 g/mol. The summed E-state index contributed by atoms with van der Waals surface area (Å²) < 4.78 is 5.85. The molecule has 0 amide bonds. The Hall–Kier alpha value is -1.35. The van der Waals surface area contributed by atoms with E-state index in [1.165, 1.54) is 0 Å². The number of rotatable bonds is 5. The maximum atomic E-state index is 11.0. The number of carbonyl (C=O) groups is 1. The molecule has 0 spiro atoms. The molecule has 17 heavy (non-hydrogen) atoms. The number of hydrogen-bond donors (Lipinski definition) is 1. The van der Waals surface area contributed by atoms with Gasteiger partial charge in [0.15, 0.2) is 0 Å². The Morgan fingerprint density at radius 1 is 1.47 bits per heavy atom. The van der Waals surface area contributed by atoms with Crippen molar-refractivity contribution < 1.29 is 9.53 Å². The summed E-state index contributed by atoms with van der Waals surface area (Å²) in [5.41, 5.74) is 1.03. The summed E-state index contributed by atoms with van der Waals surface area (Å²) in [7, 11) is 1.98. The second-order valence-corrected chi connectivity index (χ2v) is 4.72. The maximum Gasteiger partial charge on any atom is 0.134 e. The van der Waals surface area contributed by atoms with Crippen LogP contribution >= 0.6 is 0 Å². The van der Waals surface area contributed by atoms with Crippen molar-refractivity contribution in [2.24, 2.45) is 0 Å². The molecular formula is C14H19NO2. The van der Waals surface area contributed by atoms with E-state index in [2.05, 4.69) is 5.32 Å². The third-order valence-electron chi connectivity index (χ3n) is 3.16. The maximum absolute atomic E-state index is 11.0. The van der Waals surface area contributed by atoms with Gasteiger partial charge in [-0.15, -0.1) is 0 Å². The molecule has 1 aromatic carbocycles. The van der Waals surface area contributed by atoms with Crippen LogP contribution in [-0.4, -0.2) is 25.0 Å². The van der Waals surface area contributed by atoms with Crippen molar-refractivity contribution in [1.82, 2.24) is 5.32 Å². The Morgan fingerprint density at radius 2 is 2.24 bits per heavy atom. The van der Waals surface area contributed by atoms with E-state index in [1.807, 2.05) is 31.3 Å². The predicted octanol–water partition coefficient (Wildman–Crippen LogP) is 1.95. The molecule has 1 aromatic rings. The molecule has 0 aromatic heterocycles. The molecule has 0 radical (unpaired) electrons. The van der Waals surface area contributed by atoms with Crippen LogP contribution < -0.4 is 10.1 Å². The van der Waals surface area contributed by atoms with Crippen molar-refractivity contribution in [2.45, 2.75) is 38.3 Å². The lowest BCUT2D eigenvalue weighted by Gasteiger charge is -2.35. The van der Waals surface area contributed by atoms with Gasteiger partial charge in [0, 0.05) is 12.5 Å². The van der Waals surface area contributed by atoms with Crippen LogP contribution in [0.1, 0.15) is 25.3 Å². The van der Waals surface area contributed by atoms with Crippen LogP contribution in [-0.2, 0) is 11.2 Å². The van der Waals surface area contributed by atoms with Gasteiger partial charge >= 0.3 is 0 Å². The fourth-order valence-corrected chi connectivity index (χ4v) is 2.11. The average Bonchev–Trinajstić information content (AvgIpc) is 2.22. The van der Waals surface area contributed by atoms with Crippen LogP contribution in [0.25, 0.3) is 0 Å². The average molecular weight is 233 g/mol. The minimum Gasteiger partial charge on any atom is -0.490 e. The van der Waals surface area contributed by atoms with Crippen LogP contribution in [0, 0.1) is 0 Å². The highest BCUT2D eigenvalue weighted by molar-refractivity contribution is 5.78. The van der Waals surface area contributed by atoms with Gasteiger partial charge in [-0.25, -0.2) is 0 Å². The Kier molecular flexibility index (Phi) is 3.79. The van der Waals surface area contributed by atoms with Crippen molar-refractivity contribution in [3.8, 4) is 5.75 Å². The number of ketones is 1. The molecule has 0 heterocycles. The van der Waals surface area contributed by atoms with Gasteiger partial charge in [-0.3, -0.25) is 4.79 Å². The number of nitrogens with one attached hydrogen (secondary N) is 1. The lowest BCUT2D eigenvalue weighted by atomic mass is 9.89. The van der Waals surface area contributed by atoms with E-state index < -0.39 is 0 Å². The summed E-state index contributed by atoms with van der Waals surface area (Å²) in [4.78, 5) is 11.0. The molecule has 92 valence electrons. The van der Waals surface area contributed by atoms with E-state index in [4.69, 9.17) is 4.74 Å². The highest BCUT2D eigenvalue weighted by Gasteiger charge is 2.29. The minimum absolute atomic E-state index is 0.182. The summed E-state index contributed by atoms with van der Waals surface area (Å²) in [6.45, 7) is 1.61. The first-order valence-corrected chi connectivity index (χ1v) is 6.09. The van der Waals surface area contributed by atoms with Crippen molar-refractivity contribution in [3.63, 3.8) is 0 Å². The molecule has 1 fully saturated rings. The van der Waals surface area contributed by atoms with E-state index in [-0.39, 0.29) is 5.78 Å². The lowest BCUT2D eigenvalue weighted by Crippen LogP contribution is -2.45. The third kappa shape index (κ3) is 3.30. The van der Waals surface area contributed by atoms with Crippen LogP contribution in [0.2, 0.25) is 0 Å². The first kappa shape index (κ1) is 12.1. The highest BCUT2D eigenvalue weighted by atomic mass is 16.5. The molecule has 1 aliphatic rings. The molecule has 0 aliphatic heterocycles. The van der Waals surface area contributed by atoms with Gasteiger partial charge in [0.05, 0.1) is 0 Å². The zero-order chi connectivity index (χ0) is 12.3. The SMILES string of the molecule is CNC1CC(Oc2cccc(CC(C)=O)c2)C1. The topological polar surface area (TPSA) is 38.3 Å². The van der Waals surface area contributed by atoms with E-state index in [1.54, 1.807) is 6.92 Å². The Morgan fingerprint density at radius 3 is 2.88 bits per heavy atom. The number of Topliss-reactive ketones (excluding diaryl/α,β-unsaturated/α-hetero) is 1. The van der Waals surface area contributed by atoms with Gasteiger partial charge in [0.25, 0.3) is 0 Å². The van der Waals surface area contributed by atoms with Gasteiger partial charge in [-0.1, -0.05) is 12.1 Å². The highest BCUT2D eigenvalue weighted by Crippen LogP contribution is 2.26. The predicted molar refractivity (Wildman–Crippen MR) is 67.3 cm³/mol. The molecule has 2 rings (SSSR count). The first-order valence-electron chi connectivity index (χ1n) is 6.09. The molecule has 3 heteroatoms. The third-order valence-corrected chi connectivity index (χ3v) is 3.16. The molecule has 1 aliphatic carbocycles. The normalized spacial score (nSPS) is 22.9. The summed E-state index contributed by atoms with van der Waals surface area (Å²) in [6, 6.07) is 8.43. The largest absolute Gasteiger partial charge is 0.490 e. The van der Waals surface area contributed by atoms with Crippen molar-refractivity contribution >= 4 is 5.78 Å². The van der Waals surface area contributed by atoms with Crippen LogP contribution in [0.15, 0.2) is 24.3 Å². The summed E-state index contributed by atoms with van der Waals surface area (Å²) in [6.07, 6.45) is 2.93. The second-order valence-electron chi connectivity index (χ2n) is 4.72. The van der Waals surface area contributed by atoms with E-state index in [9.17, 15) is 4.79 Å². The molecule has 0 bridgehead atoms. The summed E-state index contributed by atoms with van der Waals surface area (Å²) in [5.74, 6) is 1.06. The van der Waals surface area contributed by atoms with Gasteiger partial charge in [0.2, 0.25) is 0 Å². The fraction of sp³-hybridized carbons (Fsp3) is 0.500. The zero-order valence-corrected chi connectivity index (χ0v) is 10.4. The number of ether oxygens (including phenoxy) is 1. The second kappa shape index (κ2) is 5.32. The Labute approximate surface area is 102 Å². The van der Waals surface area contributed by atoms with Gasteiger partial charge in [-0.2, -0.15) is 0 Å². The molecule has 0 unspecified atom stereocenters. The van der Waals surface area contributed by atoms with Crippen molar-refractivity contribution in [3.05, 3.63) is 29.8 Å². The summed E-state index contributed by atoms with van der Waals surface area (Å²) >= 11 is 0. The number of carbonyl (C=O) groups excluding carboxylic acids is 1. The molecule has 3 nitrogen and oxygen atoms in total. The van der Waals surface area contributed by atoms with Crippen LogP contribution in [0.4, 0.5) is 0 Å². The minimum atomic E-state index is 0.182. The van der Waals surface area contributed by atoms with Crippen molar-refractivity contribution in [2.75, 3.05) is 7.05 Å². The molecule has 0 saturated heterocycles. The Balaban J connectivity index is 1.90. The first-order chi connectivity index (χ1) is 8.17. The van der Waals surface area contributed by atoms with E-state index in [0.29, 0.717) is 18.6 Å². The molecule has 0 atom stereocenters. The molecular weight excluding hydrogens is 214 g/mol. The fourth-order valence-electron chi connectivity index (χ4n) is 2.11. The van der Waals surface area contributed by atoms with Crippen molar-refractivity contribution in [1.29, 1.82) is 0 Å². The van der Waals surface area contributed by atoms with Crippen LogP contribution in [0.5, 0.6) is 5.75 Å². The van der Waals surface area contributed by atoms with E-state index in [0.717, 1.165) is 24.2 Å². The standard InChI is InChI=1S/C14H19NO2/c1-10(16)6-11-4-3-5-13(7-11)17-14-8-12(9-14)15-2/h3-5,7,12,14-15H,6,8-9H2,1-2H3. The van der Waals surface area contributed by atoms with Gasteiger partial charge in [0.1, 0.15) is 17.6 Å². The number of benzene rings is 1.